The normalized spacial score (nSPS) is 22.5. The highest BCUT2D eigenvalue weighted by atomic mass is 16.7. The fourth-order valence-corrected chi connectivity index (χ4v) is 3.19. The van der Waals surface area contributed by atoms with Gasteiger partial charge in [0.05, 0.1) is 23.9 Å². The molecular formula is C19H29BN2O4. The molecule has 0 spiro atoms. The minimum Gasteiger partial charge on any atom is -0.496 e. The van der Waals surface area contributed by atoms with Crippen LogP contribution < -0.4 is 10.2 Å². The summed E-state index contributed by atoms with van der Waals surface area (Å²) in [5.41, 5.74) is 0.631. The molecule has 3 rings (SSSR count). The Labute approximate surface area is 156 Å². The van der Waals surface area contributed by atoms with Crippen molar-refractivity contribution in [2.75, 3.05) is 40.3 Å². The molecule has 0 unspecified atom stereocenters. The molecule has 2 fully saturated rings. The Morgan fingerprint density at radius 2 is 1.65 bits per heavy atom. The summed E-state index contributed by atoms with van der Waals surface area (Å²) >= 11 is 0. The van der Waals surface area contributed by atoms with Gasteiger partial charge < -0.3 is 23.8 Å². The topological polar surface area (TPSA) is 51.2 Å². The second-order valence-electron chi connectivity index (χ2n) is 8.14. The van der Waals surface area contributed by atoms with E-state index < -0.39 is 18.3 Å². The van der Waals surface area contributed by atoms with Crippen LogP contribution in [0.4, 0.5) is 0 Å². The predicted octanol–water partition coefficient (Wildman–Crippen LogP) is 1.38. The monoisotopic (exact) mass is 360 g/mol. The first-order valence-corrected chi connectivity index (χ1v) is 9.16. The number of nitrogens with zero attached hydrogens (tertiary/aromatic N) is 2. The molecule has 26 heavy (non-hydrogen) atoms. The maximum atomic E-state index is 12.9. The van der Waals surface area contributed by atoms with Crippen LogP contribution in [0.25, 0.3) is 0 Å². The third-order valence-electron chi connectivity index (χ3n) is 5.77. The standard InChI is InChI=1S/C19H29BN2O4/c1-18(2)19(3,4)26-20(25-18)14-7-8-15(16(13-14)24-6)17(23)22-11-9-21(5)10-12-22/h7-8,13H,9-12H2,1-6H3. The number of likely N-dealkylation sites (N-methyl/N-ethyl adjacent to an activating group) is 1. The van der Waals surface area contributed by atoms with Gasteiger partial charge in [0.2, 0.25) is 0 Å². The van der Waals surface area contributed by atoms with Crippen molar-refractivity contribution < 1.29 is 18.8 Å². The van der Waals surface area contributed by atoms with Crippen LogP contribution in [-0.4, -0.2) is 74.4 Å². The minimum absolute atomic E-state index is 0.00965. The van der Waals surface area contributed by atoms with Crippen molar-refractivity contribution in [3.05, 3.63) is 23.8 Å². The number of ether oxygens (including phenoxy) is 1. The van der Waals surface area contributed by atoms with Gasteiger partial charge in [0.25, 0.3) is 5.91 Å². The van der Waals surface area contributed by atoms with Crippen LogP contribution in [0.5, 0.6) is 5.75 Å². The molecule has 0 aliphatic carbocycles. The molecule has 0 N–H and O–H groups in total. The summed E-state index contributed by atoms with van der Waals surface area (Å²) in [6, 6.07) is 5.57. The smallest absolute Gasteiger partial charge is 0.494 e. The number of carbonyl (C=O) groups excluding carboxylic acids is 1. The molecule has 0 bridgehead atoms. The van der Waals surface area contributed by atoms with Crippen LogP contribution in [0.2, 0.25) is 0 Å². The lowest BCUT2D eigenvalue weighted by atomic mass is 9.78. The Morgan fingerprint density at radius 1 is 1.08 bits per heavy atom. The summed E-state index contributed by atoms with van der Waals surface area (Å²) in [6.07, 6.45) is 0. The van der Waals surface area contributed by atoms with Crippen molar-refractivity contribution in [1.29, 1.82) is 0 Å². The summed E-state index contributed by atoms with van der Waals surface area (Å²) in [6.45, 7) is 11.3. The Kier molecular flexibility index (Phi) is 5.07. The van der Waals surface area contributed by atoms with Gasteiger partial charge in [-0.15, -0.1) is 0 Å². The third kappa shape index (κ3) is 3.48. The van der Waals surface area contributed by atoms with Gasteiger partial charge in [-0.05, 0) is 52.3 Å². The molecule has 2 aliphatic rings. The summed E-state index contributed by atoms with van der Waals surface area (Å²) < 4.78 is 17.7. The Bertz CT molecular complexity index is 668. The molecule has 1 aromatic rings. The quantitative estimate of drug-likeness (QED) is 0.763. The van der Waals surface area contributed by atoms with Crippen LogP contribution in [-0.2, 0) is 9.31 Å². The van der Waals surface area contributed by atoms with E-state index in [0.29, 0.717) is 11.3 Å². The Morgan fingerprint density at radius 3 is 2.19 bits per heavy atom. The van der Waals surface area contributed by atoms with Crippen LogP contribution in [0.1, 0.15) is 38.1 Å². The van der Waals surface area contributed by atoms with E-state index in [1.54, 1.807) is 7.11 Å². The van der Waals surface area contributed by atoms with Crippen molar-refractivity contribution in [3.8, 4) is 5.75 Å². The zero-order valence-electron chi connectivity index (χ0n) is 16.7. The van der Waals surface area contributed by atoms with Gasteiger partial charge in [-0.2, -0.15) is 0 Å². The van der Waals surface area contributed by atoms with Crippen molar-refractivity contribution in [2.45, 2.75) is 38.9 Å². The van der Waals surface area contributed by atoms with E-state index >= 15 is 0 Å². The second kappa shape index (κ2) is 6.87. The predicted molar refractivity (Wildman–Crippen MR) is 102 cm³/mol. The Balaban J connectivity index is 1.81. The number of hydrogen-bond acceptors (Lipinski definition) is 5. The van der Waals surface area contributed by atoms with Gasteiger partial charge in [0.15, 0.2) is 0 Å². The molecule has 1 amide bonds. The fraction of sp³-hybridized carbons (Fsp3) is 0.632. The van der Waals surface area contributed by atoms with Crippen molar-refractivity contribution in [3.63, 3.8) is 0 Å². The zero-order valence-corrected chi connectivity index (χ0v) is 16.7. The lowest BCUT2D eigenvalue weighted by Gasteiger charge is -2.32. The van der Waals surface area contributed by atoms with Gasteiger partial charge in [-0.25, -0.2) is 0 Å². The van der Waals surface area contributed by atoms with E-state index in [2.05, 4.69) is 11.9 Å². The van der Waals surface area contributed by atoms with Crippen LogP contribution in [0.3, 0.4) is 0 Å². The summed E-state index contributed by atoms with van der Waals surface area (Å²) in [7, 11) is 3.19. The first-order valence-electron chi connectivity index (χ1n) is 9.16. The number of methoxy groups -OCH3 is 1. The summed E-state index contributed by atoms with van der Waals surface area (Å²) in [5.74, 6) is 0.566. The summed E-state index contributed by atoms with van der Waals surface area (Å²) in [5, 5.41) is 0. The zero-order chi connectivity index (χ0) is 19.1. The first-order chi connectivity index (χ1) is 12.1. The number of benzene rings is 1. The first kappa shape index (κ1) is 19.2. The molecule has 0 aromatic heterocycles. The molecule has 0 saturated carbocycles. The molecule has 1 aromatic carbocycles. The average Bonchev–Trinajstić information content (AvgIpc) is 2.82. The van der Waals surface area contributed by atoms with Gasteiger partial charge in [0, 0.05) is 26.2 Å². The van der Waals surface area contributed by atoms with Crippen molar-refractivity contribution >= 4 is 18.5 Å². The average molecular weight is 360 g/mol. The Hall–Kier alpha value is -1.57. The van der Waals surface area contributed by atoms with Gasteiger partial charge >= 0.3 is 7.12 Å². The lowest BCUT2D eigenvalue weighted by Crippen LogP contribution is -2.47. The van der Waals surface area contributed by atoms with E-state index in [4.69, 9.17) is 14.0 Å². The largest absolute Gasteiger partial charge is 0.496 e. The highest BCUT2D eigenvalue weighted by Gasteiger charge is 2.51. The van der Waals surface area contributed by atoms with E-state index in [1.807, 2.05) is 50.8 Å². The van der Waals surface area contributed by atoms with E-state index in [-0.39, 0.29) is 5.91 Å². The van der Waals surface area contributed by atoms with Gasteiger partial charge in [-0.3, -0.25) is 4.79 Å². The molecule has 7 heteroatoms. The van der Waals surface area contributed by atoms with Crippen LogP contribution >= 0.6 is 0 Å². The molecule has 0 radical (unpaired) electrons. The lowest BCUT2D eigenvalue weighted by molar-refractivity contribution is 0.00578. The number of carbonyl (C=O) groups is 1. The third-order valence-corrected chi connectivity index (χ3v) is 5.77. The minimum atomic E-state index is -0.471. The second-order valence-corrected chi connectivity index (χ2v) is 8.14. The fourth-order valence-electron chi connectivity index (χ4n) is 3.19. The highest BCUT2D eigenvalue weighted by molar-refractivity contribution is 6.62. The molecule has 2 heterocycles. The highest BCUT2D eigenvalue weighted by Crippen LogP contribution is 2.36. The van der Waals surface area contributed by atoms with Gasteiger partial charge in [-0.1, -0.05) is 6.07 Å². The van der Waals surface area contributed by atoms with Crippen LogP contribution in [0.15, 0.2) is 18.2 Å². The van der Waals surface area contributed by atoms with E-state index in [9.17, 15) is 4.79 Å². The van der Waals surface area contributed by atoms with E-state index in [0.717, 1.165) is 31.6 Å². The maximum Gasteiger partial charge on any atom is 0.494 e. The van der Waals surface area contributed by atoms with Crippen molar-refractivity contribution in [2.24, 2.45) is 0 Å². The molecular weight excluding hydrogens is 331 g/mol. The number of amides is 1. The molecule has 0 atom stereocenters. The maximum absolute atomic E-state index is 12.9. The summed E-state index contributed by atoms with van der Waals surface area (Å²) in [4.78, 5) is 17.0. The molecule has 142 valence electrons. The molecule has 2 saturated heterocycles. The molecule has 2 aliphatic heterocycles. The number of rotatable bonds is 3. The van der Waals surface area contributed by atoms with E-state index in [1.165, 1.54) is 0 Å². The number of piperazine rings is 1. The SMILES string of the molecule is COc1cc(B2OC(C)(C)C(C)(C)O2)ccc1C(=O)N1CCN(C)CC1. The number of hydrogen-bond donors (Lipinski definition) is 0. The van der Waals surface area contributed by atoms with Crippen molar-refractivity contribution in [1.82, 2.24) is 9.80 Å². The molecule has 6 nitrogen and oxygen atoms in total. The van der Waals surface area contributed by atoms with Crippen LogP contribution in [0, 0.1) is 0 Å². The van der Waals surface area contributed by atoms with Gasteiger partial charge in [0.1, 0.15) is 5.75 Å².